The largest absolute Gasteiger partial charge is 0.465 e. The summed E-state index contributed by atoms with van der Waals surface area (Å²) in [4.78, 5) is 17.0. The van der Waals surface area contributed by atoms with Gasteiger partial charge in [0.25, 0.3) is 0 Å². The lowest BCUT2D eigenvalue weighted by atomic mass is 10.1. The van der Waals surface area contributed by atoms with Crippen LogP contribution in [0, 0.1) is 19.7 Å². The number of hydrogen-bond acceptors (Lipinski definition) is 5. The van der Waals surface area contributed by atoms with Gasteiger partial charge in [-0.05, 0) is 32.0 Å². The zero-order valence-electron chi connectivity index (χ0n) is 11.5. The molecule has 0 bridgehead atoms. The van der Waals surface area contributed by atoms with Crippen LogP contribution in [0.5, 0.6) is 0 Å². The van der Waals surface area contributed by atoms with Crippen LogP contribution >= 0.6 is 11.3 Å². The smallest absolute Gasteiger partial charge is 0.339 e. The van der Waals surface area contributed by atoms with Crippen LogP contribution < -0.4 is 5.32 Å². The zero-order chi connectivity index (χ0) is 14.7. The molecule has 4 nitrogen and oxygen atoms in total. The number of rotatable bonds is 4. The Labute approximate surface area is 120 Å². The zero-order valence-corrected chi connectivity index (χ0v) is 12.3. The number of carbonyl (C=O) groups excluding carboxylic acids is 1. The van der Waals surface area contributed by atoms with E-state index in [-0.39, 0.29) is 0 Å². The molecule has 0 saturated heterocycles. The molecule has 0 aliphatic heterocycles. The van der Waals surface area contributed by atoms with E-state index in [0.29, 0.717) is 17.8 Å². The number of methoxy groups -OCH3 is 1. The topological polar surface area (TPSA) is 51.2 Å². The van der Waals surface area contributed by atoms with Gasteiger partial charge in [-0.15, -0.1) is 11.3 Å². The van der Waals surface area contributed by atoms with Crippen molar-refractivity contribution in [2.45, 2.75) is 20.4 Å². The van der Waals surface area contributed by atoms with Gasteiger partial charge < -0.3 is 10.1 Å². The lowest BCUT2D eigenvalue weighted by molar-refractivity contribution is 0.0602. The molecule has 106 valence electrons. The Morgan fingerprint density at radius 3 is 2.80 bits per heavy atom. The highest BCUT2D eigenvalue weighted by molar-refractivity contribution is 7.11. The summed E-state index contributed by atoms with van der Waals surface area (Å²) in [7, 11) is 1.30. The molecule has 1 N–H and O–H groups in total. The van der Waals surface area contributed by atoms with E-state index in [1.807, 2.05) is 13.8 Å². The maximum atomic E-state index is 13.3. The molecule has 0 radical (unpaired) electrons. The van der Waals surface area contributed by atoms with Crippen LogP contribution in [0.1, 0.15) is 25.9 Å². The molecule has 0 aliphatic rings. The van der Waals surface area contributed by atoms with Gasteiger partial charge in [-0.2, -0.15) is 0 Å². The second-order valence-electron chi connectivity index (χ2n) is 4.28. The van der Waals surface area contributed by atoms with E-state index >= 15 is 0 Å². The number of anilines is 1. The van der Waals surface area contributed by atoms with Crippen LogP contribution in [0.2, 0.25) is 0 Å². The summed E-state index contributed by atoms with van der Waals surface area (Å²) in [5.41, 5.74) is 1.67. The summed E-state index contributed by atoms with van der Waals surface area (Å²) in [6.45, 7) is 4.35. The lowest BCUT2D eigenvalue weighted by Crippen LogP contribution is -2.08. The van der Waals surface area contributed by atoms with Crippen LogP contribution in [0.4, 0.5) is 10.1 Å². The molecule has 20 heavy (non-hydrogen) atoms. The van der Waals surface area contributed by atoms with Crippen LogP contribution in [-0.2, 0) is 11.3 Å². The first-order chi connectivity index (χ1) is 9.51. The maximum Gasteiger partial charge on any atom is 0.339 e. The van der Waals surface area contributed by atoms with E-state index in [1.165, 1.54) is 25.3 Å². The van der Waals surface area contributed by atoms with Crippen molar-refractivity contribution in [2.75, 3.05) is 12.4 Å². The van der Waals surface area contributed by atoms with Crippen molar-refractivity contribution in [2.24, 2.45) is 0 Å². The monoisotopic (exact) mass is 294 g/mol. The van der Waals surface area contributed by atoms with E-state index in [1.54, 1.807) is 11.3 Å². The predicted molar refractivity (Wildman–Crippen MR) is 76.7 cm³/mol. The van der Waals surface area contributed by atoms with Crippen molar-refractivity contribution >= 4 is 23.0 Å². The summed E-state index contributed by atoms with van der Waals surface area (Å²) in [5.74, 6) is -0.901. The van der Waals surface area contributed by atoms with Gasteiger partial charge in [-0.25, -0.2) is 14.2 Å². The quantitative estimate of drug-likeness (QED) is 0.879. The number of halogens is 1. The van der Waals surface area contributed by atoms with Crippen molar-refractivity contribution in [3.05, 3.63) is 45.2 Å². The van der Waals surface area contributed by atoms with Crippen LogP contribution in [0.15, 0.2) is 18.2 Å². The highest BCUT2D eigenvalue weighted by atomic mass is 32.1. The number of thiazole rings is 1. The van der Waals surface area contributed by atoms with E-state index in [2.05, 4.69) is 15.0 Å². The van der Waals surface area contributed by atoms with Crippen LogP contribution in [0.3, 0.4) is 0 Å². The minimum absolute atomic E-state index is 0.313. The fourth-order valence-corrected chi connectivity index (χ4v) is 2.74. The standard InChI is InChI=1S/C14H15FN2O2S/c1-8-13(20-9(2)17-8)7-16-12-6-10(15)4-5-11(12)14(18)19-3/h4-6,16H,7H2,1-3H3. The molecule has 0 unspecified atom stereocenters. The third-order valence-corrected chi connectivity index (χ3v) is 3.90. The molecule has 2 aromatic rings. The molecule has 1 heterocycles. The average molecular weight is 294 g/mol. The number of nitrogens with zero attached hydrogens (tertiary/aromatic N) is 1. The van der Waals surface area contributed by atoms with Crippen LogP contribution in [-0.4, -0.2) is 18.1 Å². The number of esters is 1. The molecule has 2 rings (SSSR count). The summed E-state index contributed by atoms with van der Waals surface area (Å²) in [6, 6.07) is 3.93. The molecular formula is C14H15FN2O2S. The third kappa shape index (κ3) is 3.14. The molecule has 0 aliphatic carbocycles. The van der Waals surface area contributed by atoms with Crippen molar-refractivity contribution in [3.8, 4) is 0 Å². The molecule has 0 fully saturated rings. The number of benzene rings is 1. The first kappa shape index (κ1) is 14.5. The Kier molecular flexibility index (Phi) is 4.34. The third-order valence-electron chi connectivity index (χ3n) is 2.83. The molecule has 1 aromatic carbocycles. The molecule has 0 atom stereocenters. The fourth-order valence-electron chi connectivity index (χ4n) is 1.86. The fraction of sp³-hybridized carbons (Fsp3) is 0.286. The molecule has 6 heteroatoms. The van der Waals surface area contributed by atoms with Gasteiger partial charge in [0.15, 0.2) is 0 Å². The summed E-state index contributed by atoms with van der Waals surface area (Å²) in [5, 5.41) is 4.05. The van der Waals surface area contributed by atoms with Crippen LogP contribution in [0.25, 0.3) is 0 Å². The number of nitrogens with one attached hydrogen (secondary N) is 1. The summed E-state index contributed by atoms with van der Waals surface area (Å²) >= 11 is 1.57. The highest BCUT2D eigenvalue weighted by Crippen LogP contribution is 2.22. The molecular weight excluding hydrogens is 279 g/mol. The number of carbonyl (C=O) groups is 1. The van der Waals surface area contributed by atoms with Gasteiger partial charge in [-0.3, -0.25) is 0 Å². The van der Waals surface area contributed by atoms with Crippen molar-refractivity contribution in [3.63, 3.8) is 0 Å². The molecule has 0 saturated carbocycles. The second-order valence-corrected chi connectivity index (χ2v) is 5.56. The highest BCUT2D eigenvalue weighted by Gasteiger charge is 2.13. The number of ether oxygens (including phenoxy) is 1. The Hall–Kier alpha value is -1.95. The molecule has 0 spiro atoms. The number of aryl methyl sites for hydroxylation is 2. The maximum absolute atomic E-state index is 13.3. The van der Waals surface area contributed by atoms with Gasteiger partial charge in [0, 0.05) is 4.88 Å². The van der Waals surface area contributed by atoms with Gasteiger partial charge in [0.1, 0.15) is 5.82 Å². The Morgan fingerprint density at radius 2 is 2.20 bits per heavy atom. The lowest BCUT2D eigenvalue weighted by Gasteiger charge is -2.10. The van der Waals surface area contributed by atoms with E-state index in [9.17, 15) is 9.18 Å². The summed E-state index contributed by atoms with van der Waals surface area (Å²) < 4.78 is 18.0. The van der Waals surface area contributed by atoms with Gasteiger partial charge in [0.05, 0.1) is 35.6 Å². The normalized spacial score (nSPS) is 10.4. The second kappa shape index (κ2) is 6.00. The molecule has 1 aromatic heterocycles. The first-order valence-corrected chi connectivity index (χ1v) is 6.87. The van der Waals surface area contributed by atoms with Gasteiger partial charge in [-0.1, -0.05) is 0 Å². The minimum atomic E-state index is -0.496. The first-order valence-electron chi connectivity index (χ1n) is 6.06. The van der Waals surface area contributed by atoms with Gasteiger partial charge >= 0.3 is 5.97 Å². The predicted octanol–water partition coefficient (Wildman–Crippen LogP) is 3.30. The van der Waals surface area contributed by atoms with Gasteiger partial charge in [0.2, 0.25) is 0 Å². The number of aromatic nitrogens is 1. The summed E-state index contributed by atoms with van der Waals surface area (Å²) in [6.07, 6.45) is 0. The van der Waals surface area contributed by atoms with Crippen molar-refractivity contribution < 1.29 is 13.9 Å². The average Bonchev–Trinajstić information content (AvgIpc) is 2.74. The van der Waals surface area contributed by atoms with E-state index in [0.717, 1.165) is 15.6 Å². The Balaban J connectivity index is 2.22. The van der Waals surface area contributed by atoms with Crippen molar-refractivity contribution in [1.82, 2.24) is 4.98 Å². The SMILES string of the molecule is COC(=O)c1ccc(F)cc1NCc1sc(C)nc1C. The van der Waals surface area contributed by atoms with E-state index < -0.39 is 11.8 Å². The Bertz CT molecular complexity index is 640. The Morgan fingerprint density at radius 1 is 1.45 bits per heavy atom. The number of hydrogen-bond donors (Lipinski definition) is 1. The van der Waals surface area contributed by atoms with Crippen molar-refractivity contribution in [1.29, 1.82) is 0 Å². The van der Waals surface area contributed by atoms with E-state index in [4.69, 9.17) is 0 Å². The minimum Gasteiger partial charge on any atom is -0.465 e. The molecule has 0 amide bonds.